The number of benzene rings is 1. The third kappa shape index (κ3) is 3.61. The average molecular weight is 271 g/mol. The van der Waals surface area contributed by atoms with Gasteiger partial charge in [-0.3, -0.25) is 4.90 Å². The minimum absolute atomic E-state index is 0. The van der Waals surface area contributed by atoms with Crippen LogP contribution in [0.25, 0.3) is 0 Å². The highest BCUT2D eigenvalue weighted by Crippen LogP contribution is 2.20. The first-order valence-electron chi connectivity index (χ1n) is 6.25. The molecule has 0 aliphatic carbocycles. The normalized spacial score (nSPS) is 18.8. The van der Waals surface area contributed by atoms with E-state index >= 15 is 0 Å². The summed E-state index contributed by atoms with van der Waals surface area (Å²) in [6.45, 7) is 5.32. The molecule has 1 aromatic rings. The highest BCUT2D eigenvalue weighted by atomic mass is 35.5. The Morgan fingerprint density at radius 2 is 2.22 bits per heavy atom. The Labute approximate surface area is 116 Å². The monoisotopic (exact) mass is 270 g/mol. The lowest BCUT2D eigenvalue weighted by molar-refractivity contribution is 0.248. The molecule has 0 spiro atoms. The van der Waals surface area contributed by atoms with E-state index in [0.29, 0.717) is 6.04 Å². The van der Waals surface area contributed by atoms with Crippen molar-refractivity contribution in [1.29, 1.82) is 0 Å². The third-order valence-electron chi connectivity index (χ3n) is 3.56. The molecule has 1 heterocycles. The number of hydrogen-bond acceptors (Lipinski definition) is 3. The predicted molar refractivity (Wildman–Crippen MR) is 77.7 cm³/mol. The summed E-state index contributed by atoms with van der Waals surface area (Å²) in [7, 11) is 3.93. The molecule has 4 heteroatoms. The van der Waals surface area contributed by atoms with E-state index in [9.17, 15) is 0 Å². The lowest BCUT2D eigenvalue weighted by Crippen LogP contribution is -2.32. The lowest BCUT2D eigenvalue weighted by Gasteiger charge is -2.23. The van der Waals surface area contributed by atoms with E-state index in [2.05, 4.69) is 42.4 Å². The van der Waals surface area contributed by atoms with E-state index < -0.39 is 0 Å². The van der Waals surface area contributed by atoms with Crippen LogP contribution in [-0.2, 0) is 6.54 Å². The number of likely N-dealkylation sites (N-methyl/N-ethyl adjacent to an activating group) is 1. The first-order chi connectivity index (χ1) is 8.20. The minimum atomic E-state index is 0. The number of nitrogens with zero attached hydrogens (tertiary/aromatic N) is 1. The maximum Gasteiger partial charge on any atom is 0.122 e. The Morgan fingerprint density at radius 3 is 2.83 bits per heavy atom. The molecular formula is C14H23ClN2O. The fourth-order valence-electron chi connectivity index (χ4n) is 2.40. The smallest absolute Gasteiger partial charge is 0.122 e. The summed E-state index contributed by atoms with van der Waals surface area (Å²) in [6.07, 6.45) is 1.25. The molecule has 1 saturated heterocycles. The molecule has 1 fully saturated rings. The fraction of sp³-hybridized carbons (Fsp3) is 0.571. The van der Waals surface area contributed by atoms with Gasteiger partial charge in [-0.25, -0.2) is 0 Å². The Bertz CT molecular complexity index is 378. The van der Waals surface area contributed by atoms with Gasteiger partial charge in [-0.15, -0.1) is 12.4 Å². The van der Waals surface area contributed by atoms with Gasteiger partial charge in [0.05, 0.1) is 7.11 Å². The zero-order chi connectivity index (χ0) is 12.3. The summed E-state index contributed by atoms with van der Waals surface area (Å²) in [5.41, 5.74) is 2.52. The van der Waals surface area contributed by atoms with Gasteiger partial charge < -0.3 is 10.1 Å². The van der Waals surface area contributed by atoms with Gasteiger partial charge in [0.1, 0.15) is 5.75 Å². The average Bonchev–Trinajstić information content (AvgIpc) is 2.85. The molecule has 0 saturated carbocycles. The van der Waals surface area contributed by atoms with Crippen molar-refractivity contribution in [2.24, 2.45) is 0 Å². The Kier molecular flexibility index (Phi) is 5.93. The van der Waals surface area contributed by atoms with Crippen LogP contribution in [0.15, 0.2) is 18.2 Å². The number of hydrogen-bond donors (Lipinski definition) is 1. The van der Waals surface area contributed by atoms with Gasteiger partial charge in [0.15, 0.2) is 0 Å². The van der Waals surface area contributed by atoms with E-state index in [1.54, 1.807) is 7.11 Å². The molecule has 1 aromatic carbocycles. The Hall–Kier alpha value is -0.770. The van der Waals surface area contributed by atoms with Gasteiger partial charge in [-0.05, 0) is 44.1 Å². The number of nitrogens with one attached hydrogen (secondary N) is 1. The zero-order valence-electron chi connectivity index (χ0n) is 11.4. The van der Waals surface area contributed by atoms with Crippen LogP contribution in [0, 0.1) is 6.92 Å². The number of halogens is 1. The maximum atomic E-state index is 5.36. The highest BCUT2D eigenvalue weighted by molar-refractivity contribution is 5.85. The van der Waals surface area contributed by atoms with Gasteiger partial charge in [0.2, 0.25) is 0 Å². The molecule has 1 N–H and O–H groups in total. The number of methoxy groups -OCH3 is 1. The van der Waals surface area contributed by atoms with Crippen molar-refractivity contribution >= 4 is 12.4 Å². The minimum Gasteiger partial charge on any atom is -0.496 e. The summed E-state index contributed by atoms with van der Waals surface area (Å²) in [4.78, 5) is 2.42. The van der Waals surface area contributed by atoms with Crippen molar-refractivity contribution in [2.45, 2.75) is 25.9 Å². The van der Waals surface area contributed by atoms with E-state index in [0.717, 1.165) is 25.4 Å². The Morgan fingerprint density at radius 1 is 1.44 bits per heavy atom. The molecule has 1 unspecified atom stereocenters. The van der Waals surface area contributed by atoms with Crippen LogP contribution in [0.3, 0.4) is 0 Å². The van der Waals surface area contributed by atoms with Crippen molar-refractivity contribution in [2.75, 3.05) is 27.2 Å². The van der Waals surface area contributed by atoms with Crippen LogP contribution < -0.4 is 10.1 Å². The van der Waals surface area contributed by atoms with Crippen molar-refractivity contribution in [1.82, 2.24) is 10.2 Å². The van der Waals surface area contributed by atoms with Gasteiger partial charge in [0, 0.05) is 19.1 Å². The molecule has 18 heavy (non-hydrogen) atoms. The van der Waals surface area contributed by atoms with Crippen LogP contribution in [0.5, 0.6) is 5.75 Å². The molecule has 1 aliphatic heterocycles. The molecule has 0 amide bonds. The van der Waals surface area contributed by atoms with Crippen LogP contribution in [0.4, 0.5) is 0 Å². The van der Waals surface area contributed by atoms with Crippen LogP contribution in [0.2, 0.25) is 0 Å². The summed E-state index contributed by atoms with van der Waals surface area (Å²) < 4.78 is 5.36. The second-order valence-electron chi connectivity index (χ2n) is 4.87. The first-order valence-corrected chi connectivity index (χ1v) is 6.25. The quantitative estimate of drug-likeness (QED) is 0.908. The van der Waals surface area contributed by atoms with E-state index in [-0.39, 0.29) is 12.4 Å². The zero-order valence-corrected chi connectivity index (χ0v) is 12.2. The van der Waals surface area contributed by atoms with Crippen molar-refractivity contribution in [3.05, 3.63) is 29.3 Å². The van der Waals surface area contributed by atoms with Crippen molar-refractivity contribution in [3.63, 3.8) is 0 Å². The molecule has 0 bridgehead atoms. The second kappa shape index (κ2) is 6.98. The summed E-state index contributed by atoms with van der Waals surface area (Å²) in [5, 5.41) is 3.40. The number of aryl methyl sites for hydroxylation is 1. The van der Waals surface area contributed by atoms with E-state index in [4.69, 9.17) is 4.74 Å². The largest absolute Gasteiger partial charge is 0.496 e. The lowest BCUT2D eigenvalue weighted by atomic mass is 10.1. The summed E-state index contributed by atoms with van der Waals surface area (Å²) in [5.74, 6) is 0.987. The predicted octanol–water partition coefficient (Wildman–Crippen LogP) is 2.22. The third-order valence-corrected chi connectivity index (χ3v) is 3.56. The van der Waals surface area contributed by atoms with E-state index in [1.807, 2.05) is 0 Å². The molecule has 3 nitrogen and oxygen atoms in total. The topological polar surface area (TPSA) is 24.5 Å². The van der Waals surface area contributed by atoms with E-state index in [1.165, 1.54) is 17.5 Å². The SMILES string of the molecule is COc1cc(CN(C)C2CCNC2)ccc1C.Cl. The second-order valence-corrected chi connectivity index (χ2v) is 4.87. The van der Waals surface area contributed by atoms with Crippen molar-refractivity contribution in [3.8, 4) is 5.75 Å². The van der Waals surface area contributed by atoms with Crippen LogP contribution in [-0.4, -0.2) is 38.2 Å². The fourth-order valence-corrected chi connectivity index (χ4v) is 2.40. The van der Waals surface area contributed by atoms with Crippen LogP contribution in [0.1, 0.15) is 17.5 Å². The van der Waals surface area contributed by atoms with Gasteiger partial charge in [-0.1, -0.05) is 12.1 Å². The molecular weight excluding hydrogens is 248 g/mol. The summed E-state index contributed by atoms with van der Waals surface area (Å²) in [6, 6.07) is 7.14. The van der Waals surface area contributed by atoms with Gasteiger partial charge in [-0.2, -0.15) is 0 Å². The molecule has 102 valence electrons. The van der Waals surface area contributed by atoms with Crippen molar-refractivity contribution < 1.29 is 4.74 Å². The molecule has 1 atom stereocenters. The Balaban J connectivity index is 0.00000162. The molecule has 0 aromatic heterocycles. The summed E-state index contributed by atoms with van der Waals surface area (Å²) >= 11 is 0. The first kappa shape index (κ1) is 15.3. The molecule has 1 aliphatic rings. The molecule has 2 rings (SSSR count). The van der Waals surface area contributed by atoms with Gasteiger partial charge >= 0.3 is 0 Å². The maximum absolute atomic E-state index is 5.36. The van der Waals surface area contributed by atoms with Gasteiger partial charge in [0.25, 0.3) is 0 Å². The standard InChI is InChI=1S/C14H22N2O.ClH/c1-11-4-5-12(8-14(11)17-3)10-16(2)13-6-7-15-9-13;/h4-5,8,13,15H,6-7,9-10H2,1-3H3;1H. The number of ether oxygens (including phenoxy) is 1. The highest BCUT2D eigenvalue weighted by Gasteiger charge is 2.19. The van der Waals surface area contributed by atoms with Crippen LogP contribution >= 0.6 is 12.4 Å². The molecule has 0 radical (unpaired) electrons. The number of rotatable bonds is 4.